The van der Waals surface area contributed by atoms with Crippen LogP contribution in [-0.2, 0) is 23.2 Å². The topological polar surface area (TPSA) is 73.8 Å². The number of aromatic nitrogens is 4. The van der Waals surface area contributed by atoms with Gasteiger partial charge in [0.2, 0.25) is 0 Å². The summed E-state index contributed by atoms with van der Waals surface area (Å²) in [5.74, 6) is 3.33. The van der Waals surface area contributed by atoms with Crippen molar-refractivity contribution >= 4 is 5.78 Å². The van der Waals surface area contributed by atoms with Crippen molar-refractivity contribution in [2.75, 3.05) is 0 Å². The predicted octanol–water partition coefficient (Wildman–Crippen LogP) is 3.92. The molecule has 7 rings (SSSR count). The van der Waals surface area contributed by atoms with Crippen molar-refractivity contribution in [2.24, 2.45) is 38.9 Å². The molecule has 40 heavy (non-hydrogen) atoms. The summed E-state index contributed by atoms with van der Waals surface area (Å²) >= 11 is 0. The smallest absolute Gasteiger partial charge is 0.361 e. The van der Waals surface area contributed by atoms with Crippen LogP contribution in [0.4, 0.5) is 0 Å². The maximum atomic E-state index is 14.7. The first-order valence-corrected chi connectivity index (χ1v) is 15.2. The molecule has 5 aliphatic rings. The number of ketones is 1. The van der Waals surface area contributed by atoms with Gasteiger partial charge in [0.05, 0.1) is 12.4 Å². The summed E-state index contributed by atoms with van der Waals surface area (Å²) in [5, 5.41) is 12.7. The summed E-state index contributed by atoms with van der Waals surface area (Å²) in [6.07, 6.45) is 16.6. The Hall–Kier alpha value is -1.64. The maximum absolute atomic E-state index is 14.7. The fourth-order valence-corrected chi connectivity index (χ4v) is 10.9. The second kappa shape index (κ2) is 8.70. The number of allylic oxidation sites excluding steroid dienone is 2. The van der Waals surface area contributed by atoms with Crippen LogP contribution < -0.4 is 18.9 Å². The van der Waals surface area contributed by atoms with Gasteiger partial charge in [0.25, 0.3) is 0 Å². The van der Waals surface area contributed by atoms with E-state index < -0.39 is 0 Å². The first-order chi connectivity index (χ1) is 18.3. The monoisotopic (exact) mass is 536 g/mol. The molecule has 0 aliphatic heterocycles. The third-order valence-corrected chi connectivity index (χ3v) is 13.1. The molecule has 0 saturated heterocycles. The molecule has 5 aliphatic carbocycles. The quantitative estimate of drug-likeness (QED) is 0.430. The second-order valence-corrected chi connectivity index (χ2v) is 16.0. The van der Waals surface area contributed by atoms with E-state index in [1.54, 1.807) is 6.20 Å². The summed E-state index contributed by atoms with van der Waals surface area (Å²) < 4.78 is 7.85. The van der Waals surface area contributed by atoms with Crippen LogP contribution in [0.15, 0.2) is 34.8 Å². The second-order valence-electron chi connectivity index (χ2n) is 16.0. The van der Waals surface area contributed by atoms with Crippen molar-refractivity contribution in [1.82, 2.24) is 20.2 Å². The molecule has 6 nitrogen and oxygen atoms in total. The van der Waals surface area contributed by atoms with Gasteiger partial charge in [0.1, 0.15) is 11.5 Å². The molecule has 0 bridgehead atoms. The number of fused-ring (bicyclic) bond motifs is 8. The van der Waals surface area contributed by atoms with Crippen molar-refractivity contribution in [3.63, 3.8) is 0 Å². The molecule has 0 N–H and O–H groups in total. The van der Waals surface area contributed by atoms with Crippen molar-refractivity contribution in [2.45, 2.75) is 112 Å². The summed E-state index contributed by atoms with van der Waals surface area (Å²) in [5.41, 5.74) is 2.58. The van der Waals surface area contributed by atoms with Gasteiger partial charge in [0, 0.05) is 23.7 Å². The SMILES string of the molecule is CC1(C)CC[C@]2(Cn3ccnn3)CC[C@]3(C)[C@H](C(=O)C=C4[C@@]5(C)Cc6cnoc6C(C)(C)C5CC[C@]43C)[C-]2C1.[Li+]. The summed E-state index contributed by atoms with van der Waals surface area (Å²) in [7, 11) is 0. The third-order valence-electron chi connectivity index (χ3n) is 13.1. The van der Waals surface area contributed by atoms with Gasteiger partial charge in [-0.3, -0.25) is 15.4 Å². The van der Waals surface area contributed by atoms with Crippen molar-refractivity contribution in [3.8, 4) is 0 Å². The summed E-state index contributed by atoms with van der Waals surface area (Å²) in [4.78, 5) is 14.7. The summed E-state index contributed by atoms with van der Waals surface area (Å²) in [6, 6.07) is 0. The minimum atomic E-state index is -0.108. The van der Waals surface area contributed by atoms with Crippen molar-refractivity contribution in [1.29, 1.82) is 0 Å². The van der Waals surface area contributed by atoms with E-state index in [4.69, 9.17) is 4.52 Å². The van der Waals surface area contributed by atoms with Gasteiger partial charge in [-0.1, -0.05) is 101 Å². The minimum absolute atomic E-state index is 0. The molecule has 0 spiro atoms. The zero-order valence-corrected chi connectivity index (χ0v) is 25.9. The Kier molecular flexibility index (Phi) is 6.19. The predicted molar refractivity (Wildman–Crippen MR) is 149 cm³/mol. The van der Waals surface area contributed by atoms with Gasteiger partial charge < -0.3 is 4.52 Å². The fraction of sp³-hybridized carbons (Fsp3) is 0.727. The van der Waals surface area contributed by atoms with E-state index in [-0.39, 0.29) is 57.3 Å². The van der Waals surface area contributed by atoms with Gasteiger partial charge in [-0.05, 0) is 47.5 Å². The Bertz CT molecular complexity index is 1360. The Morgan fingerprint density at radius 3 is 2.52 bits per heavy atom. The van der Waals surface area contributed by atoms with Crippen LogP contribution in [0.3, 0.4) is 0 Å². The zero-order valence-electron chi connectivity index (χ0n) is 25.9. The minimum Gasteiger partial charge on any atom is -0.361 e. The largest absolute Gasteiger partial charge is 1.00 e. The van der Waals surface area contributed by atoms with Crippen LogP contribution in [0.25, 0.3) is 0 Å². The van der Waals surface area contributed by atoms with Crippen LogP contribution in [0.5, 0.6) is 0 Å². The van der Waals surface area contributed by atoms with Gasteiger partial charge in [-0.25, -0.2) is 0 Å². The first kappa shape index (κ1) is 28.5. The molecule has 0 radical (unpaired) electrons. The Morgan fingerprint density at radius 1 is 1.05 bits per heavy atom. The molecule has 210 valence electrons. The molecular formula is C33H45LiN4O2. The molecular weight excluding hydrogens is 491 g/mol. The molecule has 1 unspecified atom stereocenters. The Morgan fingerprint density at radius 2 is 1.80 bits per heavy atom. The molecule has 6 atom stereocenters. The van der Waals surface area contributed by atoms with E-state index in [1.807, 2.05) is 17.1 Å². The average molecular weight is 537 g/mol. The zero-order chi connectivity index (χ0) is 27.6. The van der Waals surface area contributed by atoms with Crippen LogP contribution in [-0.4, -0.2) is 25.9 Å². The molecule has 3 fully saturated rings. The number of carbonyl (C=O) groups excluding carboxylic acids is 1. The van der Waals surface area contributed by atoms with E-state index >= 15 is 0 Å². The molecule has 3 saturated carbocycles. The normalized spacial score (nSPS) is 41.4. The van der Waals surface area contributed by atoms with E-state index in [2.05, 4.69) is 70.0 Å². The van der Waals surface area contributed by atoms with E-state index in [0.29, 0.717) is 11.7 Å². The van der Waals surface area contributed by atoms with Gasteiger partial charge in [0.15, 0.2) is 0 Å². The Balaban J connectivity index is 0.00000289. The third kappa shape index (κ3) is 3.54. The van der Waals surface area contributed by atoms with E-state index in [0.717, 1.165) is 57.3 Å². The summed E-state index contributed by atoms with van der Waals surface area (Å²) in [6.45, 7) is 17.8. The van der Waals surface area contributed by atoms with Crippen molar-refractivity contribution in [3.05, 3.63) is 47.5 Å². The number of hydrogen-bond acceptors (Lipinski definition) is 5. The molecule has 7 heteroatoms. The molecule has 2 heterocycles. The average Bonchev–Trinajstić information content (AvgIpc) is 3.53. The van der Waals surface area contributed by atoms with Gasteiger partial charge in [-0.15, -0.1) is 10.5 Å². The fourth-order valence-electron chi connectivity index (χ4n) is 10.9. The molecule has 0 amide bonds. The number of nitrogens with zero attached hydrogens (tertiary/aromatic N) is 4. The molecule has 2 aromatic rings. The number of hydrogen-bond donors (Lipinski definition) is 0. The van der Waals surface area contributed by atoms with E-state index in [9.17, 15) is 4.79 Å². The Labute approximate surface area is 251 Å². The van der Waals surface area contributed by atoms with Crippen LogP contribution in [0.1, 0.15) is 105 Å². The van der Waals surface area contributed by atoms with Crippen LogP contribution in [0.2, 0.25) is 0 Å². The van der Waals surface area contributed by atoms with Gasteiger partial charge in [-0.2, -0.15) is 6.42 Å². The molecule has 2 aromatic heterocycles. The van der Waals surface area contributed by atoms with Crippen LogP contribution in [0, 0.1) is 44.8 Å². The van der Waals surface area contributed by atoms with Crippen LogP contribution >= 0.6 is 0 Å². The molecule has 0 aromatic carbocycles. The standard InChI is InChI=1S/C33H45N4O2.Li/c1-28(2)10-12-33(20-37-15-14-34-36-37)13-11-32(7)26(22(33)18-28)23(38)16-25-30(5)17-21-19-35-39-27(21)29(3,4)24(30)8-9-31(25,32)6;/h14-16,19,24,26H,8-13,17-18,20H2,1-7H3;/q-1;+1/t24?,26-,30-,31+,32+,33+;/m0./s1. The van der Waals surface area contributed by atoms with E-state index in [1.165, 1.54) is 23.5 Å². The van der Waals surface area contributed by atoms with Gasteiger partial charge >= 0.3 is 18.9 Å². The maximum Gasteiger partial charge on any atom is 1.00 e. The number of carbonyl (C=O) groups is 1. The first-order valence-electron chi connectivity index (χ1n) is 15.2. The van der Waals surface area contributed by atoms with Crippen molar-refractivity contribution < 1.29 is 28.2 Å². The number of rotatable bonds is 2.